The molecule has 0 aromatic heterocycles. The summed E-state index contributed by atoms with van der Waals surface area (Å²) in [6.07, 6.45) is 0.944. The summed E-state index contributed by atoms with van der Waals surface area (Å²) in [5.41, 5.74) is 5.60. The van der Waals surface area contributed by atoms with Gasteiger partial charge in [0.2, 0.25) is 0 Å². The number of aryl methyl sites for hydroxylation is 2. The number of halogens is 1. The Kier molecular flexibility index (Phi) is 11.3. The Hall–Kier alpha value is -2.09. The predicted octanol–water partition coefficient (Wildman–Crippen LogP) is 3.97. The Balaban J connectivity index is 0.00000420. The highest BCUT2D eigenvalue weighted by Gasteiger charge is 2.05. The number of hydrogen-bond donors (Lipinski definition) is 3. The summed E-state index contributed by atoms with van der Waals surface area (Å²) in [5, 5.41) is 9.50. The van der Waals surface area contributed by atoms with Gasteiger partial charge in [0.05, 0.1) is 6.54 Å². The van der Waals surface area contributed by atoms with Gasteiger partial charge in [-0.3, -0.25) is 4.79 Å². The molecular formula is C23H33IN4O. The molecule has 29 heavy (non-hydrogen) atoms. The number of nitrogens with one attached hydrogen (secondary N) is 3. The van der Waals surface area contributed by atoms with Crippen molar-refractivity contribution < 1.29 is 4.79 Å². The molecule has 0 fully saturated rings. The summed E-state index contributed by atoms with van der Waals surface area (Å²) in [7, 11) is 0. The number of guanidine groups is 1. The molecule has 2 aromatic carbocycles. The molecule has 0 heterocycles. The number of aliphatic imine (C=N–C) groups is 1. The van der Waals surface area contributed by atoms with E-state index >= 15 is 0 Å². The zero-order valence-corrected chi connectivity index (χ0v) is 20.2. The SMILES string of the molecule is CCNC(=O)c1cccc(CN=C(NCC)NCCc2cc(C)cc(C)c2)c1.I. The third-order valence-corrected chi connectivity index (χ3v) is 4.28. The van der Waals surface area contributed by atoms with Crippen LogP contribution < -0.4 is 16.0 Å². The van der Waals surface area contributed by atoms with Crippen LogP contribution >= 0.6 is 24.0 Å². The van der Waals surface area contributed by atoms with Crippen molar-refractivity contribution in [2.24, 2.45) is 4.99 Å². The van der Waals surface area contributed by atoms with Gasteiger partial charge in [-0.25, -0.2) is 4.99 Å². The van der Waals surface area contributed by atoms with Crippen molar-refractivity contribution in [2.75, 3.05) is 19.6 Å². The molecule has 2 rings (SSSR count). The number of carbonyl (C=O) groups excluding carboxylic acids is 1. The van der Waals surface area contributed by atoms with Crippen LogP contribution in [0.4, 0.5) is 0 Å². The van der Waals surface area contributed by atoms with Gasteiger partial charge in [0, 0.05) is 25.2 Å². The van der Waals surface area contributed by atoms with Gasteiger partial charge in [-0.1, -0.05) is 41.5 Å². The van der Waals surface area contributed by atoms with Crippen molar-refractivity contribution in [3.05, 3.63) is 70.3 Å². The molecule has 0 radical (unpaired) electrons. The highest BCUT2D eigenvalue weighted by molar-refractivity contribution is 14.0. The normalized spacial score (nSPS) is 10.8. The molecule has 0 saturated carbocycles. The van der Waals surface area contributed by atoms with Crippen LogP contribution in [0.1, 0.15) is 46.5 Å². The number of carbonyl (C=O) groups is 1. The first-order valence-corrected chi connectivity index (χ1v) is 9.98. The summed E-state index contributed by atoms with van der Waals surface area (Å²) >= 11 is 0. The van der Waals surface area contributed by atoms with Crippen LogP contribution in [0.3, 0.4) is 0 Å². The lowest BCUT2D eigenvalue weighted by Gasteiger charge is -2.12. The number of amides is 1. The van der Waals surface area contributed by atoms with Gasteiger partial charge in [-0.15, -0.1) is 24.0 Å². The fraction of sp³-hybridized carbons (Fsp3) is 0.391. The largest absolute Gasteiger partial charge is 0.357 e. The first-order chi connectivity index (χ1) is 13.5. The van der Waals surface area contributed by atoms with Crippen molar-refractivity contribution in [1.29, 1.82) is 0 Å². The molecule has 0 saturated heterocycles. The quantitative estimate of drug-likeness (QED) is 0.287. The van der Waals surface area contributed by atoms with Gasteiger partial charge in [-0.05, 0) is 57.4 Å². The van der Waals surface area contributed by atoms with Crippen LogP contribution in [0, 0.1) is 13.8 Å². The van der Waals surface area contributed by atoms with Crippen LogP contribution in [-0.4, -0.2) is 31.5 Å². The van der Waals surface area contributed by atoms with E-state index in [1.54, 1.807) is 0 Å². The topological polar surface area (TPSA) is 65.5 Å². The lowest BCUT2D eigenvalue weighted by Crippen LogP contribution is -2.38. The molecule has 6 heteroatoms. The van der Waals surface area contributed by atoms with E-state index in [1.165, 1.54) is 16.7 Å². The van der Waals surface area contributed by atoms with E-state index < -0.39 is 0 Å². The Morgan fingerprint density at radius 3 is 2.24 bits per heavy atom. The maximum absolute atomic E-state index is 12.0. The van der Waals surface area contributed by atoms with Crippen LogP contribution in [0.5, 0.6) is 0 Å². The monoisotopic (exact) mass is 508 g/mol. The summed E-state index contributed by atoms with van der Waals surface area (Å²) in [4.78, 5) is 16.6. The zero-order chi connectivity index (χ0) is 20.4. The van der Waals surface area contributed by atoms with Gasteiger partial charge in [0.15, 0.2) is 5.96 Å². The fourth-order valence-corrected chi connectivity index (χ4v) is 3.12. The summed E-state index contributed by atoms with van der Waals surface area (Å²) in [6.45, 7) is 11.0. The maximum Gasteiger partial charge on any atom is 0.251 e. The molecule has 0 unspecified atom stereocenters. The Bertz CT molecular complexity index is 800. The van der Waals surface area contributed by atoms with E-state index in [9.17, 15) is 4.79 Å². The highest BCUT2D eigenvalue weighted by atomic mass is 127. The average molecular weight is 508 g/mol. The summed E-state index contributed by atoms with van der Waals surface area (Å²) in [5.74, 6) is 0.738. The van der Waals surface area contributed by atoms with Crippen molar-refractivity contribution in [3.63, 3.8) is 0 Å². The van der Waals surface area contributed by atoms with Crippen LogP contribution in [0.2, 0.25) is 0 Å². The van der Waals surface area contributed by atoms with Crippen LogP contribution in [-0.2, 0) is 13.0 Å². The van der Waals surface area contributed by atoms with Gasteiger partial charge in [-0.2, -0.15) is 0 Å². The van der Waals surface area contributed by atoms with E-state index in [2.05, 4.69) is 59.9 Å². The molecule has 1 amide bonds. The second-order valence-electron chi connectivity index (χ2n) is 6.93. The molecular weight excluding hydrogens is 475 g/mol. The minimum absolute atomic E-state index is 0. The van der Waals surface area contributed by atoms with Crippen molar-refractivity contribution >= 4 is 35.8 Å². The third kappa shape index (κ3) is 8.85. The minimum Gasteiger partial charge on any atom is -0.357 e. The zero-order valence-electron chi connectivity index (χ0n) is 17.8. The second kappa shape index (κ2) is 13.2. The standard InChI is InChI=1S/C23H32N4O.HI/c1-5-24-22(28)21-9-7-8-20(15-21)16-27-23(25-6-2)26-11-10-19-13-17(3)12-18(4)14-19;/h7-9,12-15H,5-6,10-11,16H2,1-4H3,(H,24,28)(H2,25,26,27);1H. The Labute approximate surface area is 191 Å². The van der Waals surface area contributed by atoms with Crippen LogP contribution in [0.25, 0.3) is 0 Å². The Morgan fingerprint density at radius 2 is 1.59 bits per heavy atom. The number of nitrogens with zero attached hydrogens (tertiary/aromatic N) is 1. The molecule has 0 aliphatic rings. The third-order valence-electron chi connectivity index (χ3n) is 4.28. The van der Waals surface area contributed by atoms with E-state index in [0.29, 0.717) is 18.7 Å². The smallest absolute Gasteiger partial charge is 0.251 e. The van der Waals surface area contributed by atoms with Gasteiger partial charge in [0.25, 0.3) is 5.91 Å². The van der Waals surface area contributed by atoms with Crippen molar-refractivity contribution in [1.82, 2.24) is 16.0 Å². The van der Waals surface area contributed by atoms with Crippen molar-refractivity contribution in [3.8, 4) is 0 Å². The molecule has 0 bridgehead atoms. The number of hydrogen-bond acceptors (Lipinski definition) is 2. The highest BCUT2D eigenvalue weighted by Crippen LogP contribution is 2.09. The van der Waals surface area contributed by atoms with E-state index in [4.69, 9.17) is 0 Å². The van der Waals surface area contributed by atoms with E-state index in [-0.39, 0.29) is 29.9 Å². The van der Waals surface area contributed by atoms with Gasteiger partial charge < -0.3 is 16.0 Å². The predicted molar refractivity (Wildman–Crippen MR) is 132 cm³/mol. The van der Waals surface area contributed by atoms with E-state index in [1.807, 2.05) is 31.2 Å². The fourth-order valence-electron chi connectivity index (χ4n) is 3.12. The molecule has 0 spiro atoms. The molecule has 2 aromatic rings. The maximum atomic E-state index is 12.0. The number of benzene rings is 2. The van der Waals surface area contributed by atoms with Gasteiger partial charge in [0.1, 0.15) is 0 Å². The number of rotatable bonds is 8. The van der Waals surface area contributed by atoms with Crippen LogP contribution in [0.15, 0.2) is 47.5 Å². The van der Waals surface area contributed by atoms with Crippen molar-refractivity contribution in [2.45, 2.75) is 40.7 Å². The Morgan fingerprint density at radius 1 is 0.897 bits per heavy atom. The lowest BCUT2D eigenvalue weighted by molar-refractivity contribution is 0.0955. The lowest BCUT2D eigenvalue weighted by atomic mass is 10.1. The molecule has 0 aliphatic heterocycles. The second-order valence-corrected chi connectivity index (χ2v) is 6.93. The molecule has 158 valence electrons. The molecule has 3 N–H and O–H groups in total. The van der Waals surface area contributed by atoms with Gasteiger partial charge >= 0.3 is 0 Å². The average Bonchev–Trinajstić information content (AvgIpc) is 2.66. The first kappa shape index (κ1) is 24.9. The summed E-state index contributed by atoms with van der Waals surface area (Å²) < 4.78 is 0. The minimum atomic E-state index is -0.0493. The van der Waals surface area contributed by atoms with E-state index in [0.717, 1.165) is 31.0 Å². The first-order valence-electron chi connectivity index (χ1n) is 9.98. The summed E-state index contributed by atoms with van der Waals surface area (Å²) in [6, 6.07) is 14.3. The molecule has 5 nitrogen and oxygen atoms in total. The molecule has 0 aliphatic carbocycles. The molecule has 0 atom stereocenters.